The average Bonchev–Trinajstić information content (AvgIpc) is 2.34. The first-order valence-corrected chi connectivity index (χ1v) is 5.37. The molecule has 0 aliphatic heterocycles. The molecule has 0 aliphatic rings. The van der Waals surface area contributed by atoms with Gasteiger partial charge >= 0.3 is 0 Å². The highest BCUT2D eigenvalue weighted by atomic mass is 19.1. The van der Waals surface area contributed by atoms with Crippen molar-refractivity contribution in [2.75, 3.05) is 18.4 Å². The van der Waals surface area contributed by atoms with Gasteiger partial charge in [0.2, 0.25) is 5.91 Å². The van der Waals surface area contributed by atoms with Crippen molar-refractivity contribution >= 4 is 11.6 Å². The Hall–Kier alpha value is -2.09. The van der Waals surface area contributed by atoms with Crippen LogP contribution in [0.25, 0.3) is 0 Å². The monoisotopic (exact) mass is 235 g/mol. The lowest BCUT2D eigenvalue weighted by atomic mass is 10.2. The minimum absolute atomic E-state index is 0.0698. The van der Waals surface area contributed by atoms with Crippen LogP contribution in [0.5, 0.6) is 0 Å². The van der Waals surface area contributed by atoms with Crippen LogP contribution in [0.1, 0.15) is 18.9 Å². The van der Waals surface area contributed by atoms with Gasteiger partial charge in [-0.05, 0) is 24.6 Å². The van der Waals surface area contributed by atoms with Gasteiger partial charge in [-0.25, -0.2) is 4.39 Å². The number of nitrogens with one attached hydrogen (secondary N) is 2. The van der Waals surface area contributed by atoms with Gasteiger partial charge in [-0.2, -0.15) is 5.26 Å². The summed E-state index contributed by atoms with van der Waals surface area (Å²) >= 11 is 0. The van der Waals surface area contributed by atoms with E-state index in [1.54, 1.807) is 0 Å². The summed E-state index contributed by atoms with van der Waals surface area (Å²) in [5.74, 6) is -0.623. The van der Waals surface area contributed by atoms with E-state index in [2.05, 4.69) is 10.6 Å². The van der Waals surface area contributed by atoms with Crippen molar-refractivity contribution in [3.63, 3.8) is 0 Å². The molecule has 0 fully saturated rings. The van der Waals surface area contributed by atoms with Crippen molar-refractivity contribution in [3.8, 4) is 6.07 Å². The molecule has 1 rings (SSSR count). The summed E-state index contributed by atoms with van der Waals surface area (Å²) in [6.45, 7) is 2.65. The molecular formula is C12H14FN3O. The highest BCUT2D eigenvalue weighted by molar-refractivity contribution is 5.81. The molecule has 4 nitrogen and oxygen atoms in total. The Labute approximate surface area is 99.4 Å². The number of carbonyl (C=O) groups is 1. The van der Waals surface area contributed by atoms with E-state index < -0.39 is 5.82 Å². The molecule has 0 bridgehead atoms. The molecule has 0 aromatic heterocycles. The van der Waals surface area contributed by atoms with E-state index in [0.29, 0.717) is 12.2 Å². The van der Waals surface area contributed by atoms with Crippen LogP contribution in [0, 0.1) is 17.1 Å². The molecule has 0 spiro atoms. The molecule has 1 amide bonds. The third kappa shape index (κ3) is 4.11. The predicted molar refractivity (Wildman–Crippen MR) is 62.9 cm³/mol. The fourth-order valence-corrected chi connectivity index (χ4v) is 1.27. The van der Waals surface area contributed by atoms with Gasteiger partial charge in [-0.1, -0.05) is 6.92 Å². The molecular weight excluding hydrogens is 221 g/mol. The van der Waals surface area contributed by atoms with Crippen LogP contribution in [0.3, 0.4) is 0 Å². The van der Waals surface area contributed by atoms with Crippen molar-refractivity contribution in [2.24, 2.45) is 0 Å². The SMILES string of the molecule is CCCNC(=O)CNc1ccc(F)cc1C#N. The van der Waals surface area contributed by atoms with Crippen LogP contribution >= 0.6 is 0 Å². The number of anilines is 1. The lowest BCUT2D eigenvalue weighted by molar-refractivity contribution is -0.119. The number of nitrogens with zero attached hydrogens (tertiary/aromatic N) is 1. The number of benzene rings is 1. The van der Waals surface area contributed by atoms with Crippen molar-refractivity contribution < 1.29 is 9.18 Å². The molecule has 1 aromatic carbocycles. The van der Waals surface area contributed by atoms with Gasteiger partial charge in [-0.3, -0.25) is 4.79 Å². The van der Waals surface area contributed by atoms with Crippen LogP contribution in [-0.2, 0) is 4.79 Å². The lowest BCUT2D eigenvalue weighted by Crippen LogP contribution is -2.30. The van der Waals surface area contributed by atoms with Crippen molar-refractivity contribution in [1.82, 2.24) is 5.32 Å². The van der Waals surface area contributed by atoms with E-state index in [-0.39, 0.29) is 18.0 Å². The Kier molecular flexibility index (Phi) is 4.95. The van der Waals surface area contributed by atoms with Crippen LogP contribution < -0.4 is 10.6 Å². The Morgan fingerprint density at radius 2 is 2.29 bits per heavy atom. The maximum atomic E-state index is 12.8. The van der Waals surface area contributed by atoms with Crippen LogP contribution in [0.4, 0.5) is 10.1 Å². The molecule has 0 saturated carbocycles. The molecule has 0 unspecified atom stereocenters. The standard InChI is InChI=1S/C12H14FN3O/c1-2-5-15-12(17)8-16-11-4-3-10(13)6-9(11)7-14/h3-4,6,16H,2,5,8H2,1H3,(H,15,17). The molecule has 90 valence electrons. The van der Waals surface area contributed by atoms with Crippen LogP contribution in [-0.4, -0.2) is 19.0 Å². The summed E-state index contributed by atoms with van der Waals surface area (Å²) in [4.78, 5) is 11.3. The number of halogens is 1. The minimum atomic E-state index is -0.470. The fourth-order valence-electron chi connectivity index (χ4n) is 1.27. The number of nitriles is 1. The predicted octanol–water partition coefficient (Wildman–Crippen LogP) is 1.64. The number of hydrogen-bond donors (Lipinski definition) is 2. The molecule has 0 heterocycles. The second-order valence-electron chi connectivity index (χ2n) is 3.51. The van der Waals surface area contributed by atoms with E-state index in [0.717, 1.165) is 12.5 Å². The molecule has 0 atom stereocenters. The van der Waals surface area contributed by atoms with Gasteiger partial charge < -0.3 is 10.6 Å². The lowest BCUT2D eigenvalue weighted by Gasteiger charge is -2.08. The molecule has 0 saturated heterocycles. The normalized spacial score (nSPS) is 9.47. The van der Waals surface area contributed by atoms with E-state index in [4.69, 9.17) is 5.26 Å². The fraction of sp³-hybridized carbons (Fsp3) is 0.333. The molecule has 2 N–H and O–H groups in total. The van der Waals surface area contributed by atoms with Crippen molar-refractivity contribution in [3.05, 3.63) is 29.6 Å². The van der Waals surface area contributed by atoms with Gasteiger partial charge in [0.1, 0.15) is 11.9 Å². The maximum absolute atomic E-state index is 12.8. The maximum Gasteiger partial charge on any atom is 0.239 e. The summed E-state index contributed by atoms with van der Waals surface area (Å²) in [5, 5.41) is 14.3. The summed E-state index contributed by atoms with van der Waals surface area (Å²) in [5.41, 5.74) is 0.647. The summed E-state index contributed by atoms with van der Waals surface area (Å²) in [6.07, 6.45) is 0.867. The number of hydrogen-bond acceptors (Lipinski definition) is 3. The van der Waals surface area contributed by atoms with E-state index >= 15 is 0 Å². The zero-order valence-electron chi connectivity index (χ0n) is 9.59. The highest BCUT2D eigenvalue weighted by Crippen LogP contribution is 2.15. The first kappa shape index (κ1) is 13.0. The van der Waals surface area contributed by atoms with Crippen molar-refractivity contribution in [1.29, 1.82) is 5.26 Å². The van der Waals surface area contributed by atoms with Gasteiger partial charge in [0.05, 0.1) is 17.8 Å². The first-order chi connectivity index (χ1) is 8.17. The second-order valence-corrected chi connectivity index (χ2v) is 3.51. The largest absolute Gasteiger partial charge is 0.375 e. The Morgan fingerprint density at radius 3 is 2.94 bits per heavy atom. The first-order valence-electron chi connectivity index (χ1n) is 5.37. The quantitative estimate of drug-likeness (QED) is 0.815. The smallest absolute Gasteiger partial charge is 0.239 e. The molecule has 0 radical (unpaired) electrons. The zero-order chi connectivity index (χ0) is 12.7. The van der Waals surface area contributed by atoms with Crippen LogP contribution in [0.15, 0.2) is 18.2 Å². The van der Waals surface area contributed by atoms with E-state index in [9.17, 15) is 9.18 Å². The summed E-state index contributed by atoms with van der Waals surface area (Å²) < 4.78 is 12.8. The summed E-state index contributed by atoms with van der Waals surface area (Å²) in [6, 6.07) is 5.69. The van der Waals surface area contributed by atoms with Gasteiger partial charge in [0.25, 0.3) is 0 Å². The molecule has 1 aromatic rings. The Bertz CT molecular complexity index is 440. The second kappa shape index (κ2) is 6.48. The molecule has 17 heavy (non-hydrogen) atoms. The van der Waals surface area contributed by atoms with E-state index in [1.807, 2.05) is 13.0 Å². The highest BCUT2D eigenvalue weighted by Gasteiger charge is 2.05. The third-order valence-corrected chi connectivity index (χ3v) is 2.11. The number of rotatable bonds is 5. The average molecular weight is 235 g/mol. The zero-order valence-corrected chi connectivity index (χ0v) is 9.59. The molecule has 0 aliphatic carbocycles. The Balaban J connectivity index is 2.58. The van der Waals surface area contributed by atoms with Crippen LogP contribution in [0.2, 0.25) is 0 Å². The van der Waals surface area contributed by atoms with Gasteiger partial charge in [0, 0.05) is 6.54 Å². The summed E-state index contributed by atoms with van der Waals surface area (Å²) in [7, 11) is 0. The van der Waals surface area contributed by atoms with Gasteiger partial charge in [0.15, 0.2) is 0 Å². The Morgan fingerprint density at radius 1 is 1.53 bits per heavy atom. The van der Waals surface area contributed by atoms with Gasteiger partial charge in [-0.15, -0.1) is 0 Å². The topological polar surface area (TPSA) is 64.9 Å². The molecule has 5 heteroatoms. The number of amides is 1. The van der Waals surface area contributed by atoms with E-state index in [1.165, 1.54) is 12.1 Å². The number of carbonyl (C=O) groups excluding carboxylic acids is 1. The minimum Gasteiger partial charge on any atom is -0.375 e. The third-order valence-electron chi connectivity index (χ3n) is 2.11. The van der Waals surface area contributed by atoms with Crippen molar-refractivity contribution in [2.45, 2.75) is 13.3 Å².